The topological polar surface area (TPSA) is 46.9 Å². The molecule has 2 saturated carbocycles. The number of amides is 1. The summed E-state index contributed by atoms with van der Waals surface area (Å²) in [5.41, 5.74) is 1.76. The number of carbonyl (C=O) groups is 1. The molecule has 4 nitrogen and oxygen atoms in total. The monoisotopic (exact) mass is 397 g/mol. The van der Waals surface area contributed by atoms with Gasteiger partial charge >= 0.3 is 0 Å². The van der Waals surface area contributed by atoms with Crippen LogP contribution in [0.3, 0.4) is 0 Å². The van der Waals surface area contributed by atoms with E-state index < -0.39 is 22.4 Å². The van der Waals surface area contributed by atoms with Gasteiger partial charge in [0.15, 0.2) is 0 Å². The second-order valence-corrected chi connectivity index (χ2v) is 8.73. The molecule has 1 heterocycles. The van der Waals surface area contributed by atoms with Crippen LogP contribution >= 0.6 is 23.2 Å². The van der Waals surface area contributed by atoms with Gasteiger partial charge in [0.05, 0.1) is 5.56 Å². The number of hydrogen-bond acceptors (Lipinski definition) is 2. The summed E-state index contributed by atoms with van der Waals surface area (Å²) >= 11 is 13.1. The van der Waals surface area contributed by atoms with Gasteiger partial charge in [-0.05, 0) is 36.0 Å². The summed E-state index contributed by atoms with van der Waals surface area (Å²) in [5, 5.41) is 6.49. The first kappa shape index (κ1) is 16.5. The highest BCUT2D eigenvalue weighted by Crippen LogP contribution is 2.85. The average Bonchev–Trinajstić information content (AvgIpc) is 3.05. The van der Waals surface area contributed by atoms with E-state index in [1.807, 2.05) is 12.1 Å². The third-order valence-electron chi connectivity index (χ3n) is 6.18. The van der Waals surface area contributed by atoms with Crippen molar-refractivity contribution in [2.24, 2.45) is 13.0 Å². The van der Waals surface area contributed by atoms with E-state index in [9.17, 15) is 13.6 Å². The number of nitrogens with zero attached hydrogens (tertiary/aromatic N) is 2. The number of rotatable bonds is 3. The molecule has 1 N–H and O–H groups in total. The van der Waals surface area contributed by atoms with Crippen molar-refractivity contribution in [3.05, 3.63) is 46.8 Å². The summed E-state index contributed by atoms with van der Waals surface area (Å²) in [4.78, 5) is 12.7. The molecular weight excluding hydrogens is 383 g/mol. The van der Waals surface area contributed by atoms with E-state index in [0.29, 0.717) is 11.6 Å². The maximum atomic E-state index is 13.2. The van der Waals surface area contributed by atoms with Crippen LogP contribution < -0.4 is 5.32 Å². The maximum absolute atomic E-state index is 13.2. The Morgan fingerprint density at radius 2 is 2.19 bits per heavy atom. The first-order valence-electron chi connectivity index (χ1n) is 8.43. The second-order valence-electron chi connectivity index (χ2n) is 7.34. The lowest BCUT2D eigenvalue weighted by Gasteiger charge is -2.29. The molecule has 8 heteroatoms. The van der Waals surface area contributed by atoms with Gasteiger partial charge in [0.25, 0.3) is 12.3 Å². The summed E-state index contributed by atoms with van der Waals surface area (Å²) in [6.45, 7) is 0. The van der Waals surface area contributed by atoms with Crippen molar-refractivity contribution in [1.82, 2.24) is 9.78 Å². The molecule has 3 aliphatic rings. The Hall–Kier alpha value is -1.66. The Labute approximate surface area is 158 Å². The van der Waals surface area contributed by atoms with Crippen LogP contribution in [0.1, 0.15) is 52.4 Å². The van der Waals surface area contributed by atoms with E-state index in [4.69, 9.17) is 23.2 Å². The summed E-state index contributed by atoms with van der Waals surface area (Å²) in [5.74, 6) is -0.138. The van der Waals surface area contributed by atoms with Gasteiger partial charge in [-0.3, -0.25) is 9.48 Å². The second kappa shape index (κ2) is 4.98. The highest BCUT2D eigenvalue weighted by molar-refractivity contribution is 6.53. The zero-order valence-electron chi connectivity index (χ0n) is 13.8. The van der Waals surface area contributed by atoms with Crippen LogP contribution in [0.2, 0.25) is 0 Å². The van der Waals surface area contributed by atoms with E-state index in [0.717, 1.165) is 24.0 Å². The van der Waals surface area contributed by atoms with Crippen LogP contribution in [0.15, 0.2) is 24.4 Å². The average molecular weight is 398 g/mol. The first-order valence-corrected chi connectivity index (χ1v) is 9.19. The van der Waals surface area contributed by atoms with E-state index in [-0.39, 0.29) is 16.9 Å². The van der Waals surface area contributed by atoms with Crippen molar-refractivity contribution < 1.29 is 13.6 Å². The van der Waals surface area contributed by atoms with E-state index in [1.165, 1.54) is 17.9 Å². The van der Waals surface area contributed by atoms with Gasteiger partial charge in [-0.2, -0.15) is 5.10 Å². The van der Waals surface area contributed by atoms with Crippen LogP contribution in [-0.4, -0.2) is 20.0 Å². The lowest BCUT2D eigenvalue weighted by atomic mass is 9.82. The molecule has 26 heavy (non-hydrogen) atoms. The lowest BCUT2D eigenvalue weighted by Crippen LogP contribution is -2.24. The number of aryl methyl sites for hydroxylation is 1. The van der Waals surface area contributed by atoms with Crippen LogP contribution in [0, 0.1) is 5.92 Å². The smallest absolute Gasteiger partial charge is 0.282 e. The zero-order chi connectivity index (χ0) is 18.4. The van der Waals surface area contributed by atoms with Gasteiger partial charge in [0, 0.05) is 30.3 Å². The number of alkyl halides is 4. The predicted molar refractivity (Wildman–Crippen MR) is 94.1 cm³/mol. The lowest BCUT2D eigenvalue weighted by molar-refractivity contribution is 0.101. The van der Waals surface area contributed by atoms with Crippen molar-refractivity contribution in [3.63, 3.8) is 0 Å². The van der Waals surface area contributed by atoms with Gasteiger partial charge in [0.1, 0.15) is 10.0 Å². The minimum atomic E-state index is -2.82. The molecule has 0 aliphatic heterocycles. The SMILES string of the molecule is Cn1cc(C(=O)Nc2cccc3c2[C@@]24CCC3[C@@H]2C4(Cl)Cl)c(C(F)F)n1. The number of halogens is 4. The van der Waals surface area contributed by atoms with E-state index >= 15 is 0 Å². The highest BCUT2D eigenvalue weighted by atomic mass is 35.5. The Morgan fingerprint density at radius 3 is 2.88 bits per heavy atom. The normalized spacial score (nSPS) is 29.6. The van der Waals surface area contributed by atoms with Crippen molar-refractivity contribution in [3.8, 4) is 0 Å². The molecule has 3 aliphatic carbocycles. The number of carbonyl (C=O) groups excluding carboxylic acids is 1. The predicted octanol–water partition coefficient (Wildman–Crippen LogP) is 4.54. The largest absolute Gasteiger partial charge is 0.322 e. The van der Waals surface area contributed by atoms with Crippen molar-refractivity contribution in [2.75, 3.05) is 5.32 Å². The summed E-state index contributed by atoms with van der Waals surface area (Å²) in [7, 11) is 1.50. The molecule has 1 aromatic carbocycles. The minimum Gasteiger partial charge on any atom is -0.322 e. The Balaban J connectivity index is 1.54. The van der Waals surface area contributed by atoms with Crippen molar-refractivity contribution >= 4 is 34.8 Å². The van der Waals surface area contributed by atoms with Gasteiger partial charge in [-0.1, -0.05) is 12.1 Å². The molecule has 1 unspecified atom stereocenters. The molecule has 2 aromatic rings. The Kier molecular flexibility index (Phi) is 3.17. The molecule has 3 atom stereocenters. The summed E-state index contributed by atoms with van der Waals surface area (Å²) < 4.78 is 26.7. The first-order chi connectivity index (χ1) is 12.3. The third-order valence-corrected chi connectivity index (χ3v) is 7.33. The fourth-order valence-electron chi connectivity index (χ4n) is 5.25. The number of fused-ring (bicyclic) bond motifs is 2. The van der Waals surface area contributed by atoms with Gasteiger partial charge in [0.2, 0.25) is 0 Å². The molecule has 0 spiro atoms. The fourth-order valence-corrected chi connectivity index (χ4v) is 6.43. The van der Waals surface area contributed by atoms with Crippen LogP contribution in [0.4, 0.5) is 14.5 Å². The Bertz CT molecular complexity index is 958. The fraction of sp³-hybridized carbons (Fsp3) is 0.444. The molecule has 136 valence electrons. The molecule has 1 aromatic heterocycles. The van der Waals surface area contributed by atoms with Gasteiger partial charge in [-0.25, -0.2) is 8.78 Å². The maximum Gasteiger partial charge on any atom is 0.282 e. The molecule has 2 fully saturated rings. The van der Waals surface area contributed by atoms with Crippen molar-refractivity contribution in [1.29, 1.82) is 0 Å². The summed E-state index contributed by atoms with van der Waals surface area (Å²) in [6.07, 6.45) is 0.399. The molecular formula is C18H15Cl2F2N3O. The third kappa shape index (κ3) is 1.79. The number of hydrogen-bond donors (Lipinski definition) is 1. The van der Waals surface area contributed by atoms with Crippen LogP contribution in [0.25, 0.3) is 0 Å². The Morgan fingerprint density at radius 1 is 1.42 bits per heavy atom. The number of aromatic nitrogens is 2. The number of anilines is 1. The van der Waals surface area contributed by atoms with E-state index in [1.54, 1.807) is 6.07 Å². The highest BCUT2D eigenvalue weighted by Gasteiger charge is 2.85. The molecule has 0 radical (unpaired) electrons. The van der Waals surface area contributed by atoms with Gasteiger partial charge < -0.3 is 5.32 Å². The van der Waals surface area contributed by atoms with E-state index in [2.05, 4.69) is 10.4 Å². The minimum absolute atomic E-state index is 0.129. The molecule has 5 rings (SSSR count). The number of benzene rings is 1. The standard InChI is InChI=1S/C18H15Cl2F2N3O/c1-25-7-10(13(24-25)15(21)22)16(26)23-11-4-2-3-8-9-5-6-17(12(8)11)14(9)18(17,19)20/h2-4,7,9,14-15H,5-6H2,1H3,(H,23,26)/t9?,14-,17-/m0/s1. The van der Waals surface area contributed by atoms with Crippen LogP contribution in [-0.2, 0) is 12.5 Å². The quantitative estimate of drug-likeness (QED) is 0.772. The molecule has 0 saturated heterocycles. The number of nitrogens with one attached hydrogen (secondary N) is 1. The van der Waals surface area contributed by atoms with Gasteiger partial charge in [-0.15, -0.1) is 23.2 Å². The molecule has 2 bridgehead atoms. The van der Waals surface area contributed by atoms with Crippen molar-refractivity contribution in [2.45, 2.75) is 34.9 Å². The summed E-state index contributed by atoms with van der Waals surface area (Å²) in [6, 6.07) is 5.69. The zero-order valence-corrected chi connectivity index (χ0v) is 15.3. The van der Waals surface area contributed by atoms with Crippen LogP contribution in [0.5, 0.6) is 0 Å². The molecule has 1 amide bonds.